The molecule has 0 radical (unpaired) electrons. The van der Waals surface area contributed by atoms with Crippen LogP contribution in [0.3, 0.4) is 0 Å². The number of nitrogens with zero attached hydrogens (tertiary/aromatic N) is 4. The van der Waals surface area contributed by atoms with E-state index in [1.165, 1.54) is 6.42 Å². The molecule has 8 heteroatoms. The predicted molar refractivity (Wildman–Crippen MR) is 112 cm³/mol. The average molecular weight is 403 g/mol. The first-order valence-electron chi connectivity index (χ1n) is 10.0. The Kier molecular flexibility index (Phi) is 4.88. The summed E-state index contributed by atoms with van der Waals surface area (Å²) in [5, 5.41) is 2.90. The Morgan fingerprint density at radius 3 is 2.70 bits per heavy atom. The summed E-state index contributed by atoms with van der Waals surface area (Å²) in [6.45, 7) is 2.02. The third-order valence-corrected chi connectivity index (χ3v) is 5.20. The lowest BCUT2D eigenvalue weighted by Gasteiger charge is -2.27. The van der Waals surface area contributed by atoms with Gasteiger partial charge in [0, 0.05) is 37.2 Å². The fraction of sp³-hybridized carbons (Fsp3) is 0.273. The van der Waals surface area contributed by atoms with Crippen molar-refractivity contribution in [2.75, 3.05) is 30.1 Å². The number of hydrogen-bond acceptors (Lipinski definition) is 7. The molecule has 1 saturated heterocycles. The summed E-state index contributed by atoms with van der Waals surface area (Å²) in [5.74, 6) is 1.60. The molecule has 2 aromatic heterocycles. The standard InChI is InChI=1S/C22H21N5O3/c28-21(25-15-7-8-18-19(12-15)30-14-29-18)16-13-24-22(27-10-4-1-5-11-27)26-20(16)17-6-2-3-9-23-17/h2-3,6-9,12-13H,1,4-5,10-11,14H2,(H,25,28). The van der Waals surface area contributed by atoms with Gasteiger partial charge in [0.1, 0.15) is 5.69 Å². The second-order valence-electron chi connectivity index (χ2n) is 7.22. The number of fused-ring (bicyclic) bond motifs is 1. The van der Waals surface area contributed by atoms with Crippen molar-refractivity contribution in [3.63, 3.8) is 0 Å². The van der Waals surface area contributed by atoms with Crippen LogP contribution in [0.4, 0.5) is 11.6 Å². The van der Waals surface area contributed by atoms with Crippen molar-refractivity contribution < 1.29 is 14.3 Å². The van der Waals surface area contributed by atoms with Gasteiger partial charge in [0.2, 0.25) is 12.7 Å². The fourth-order valence-electron chi connectivity index (χ4n) is 3.66. The summed E-state index contributed by atoms with van der Waals surface area (Å²) in [4.78, 5) is 28.9. The van der Waals surface area contributed by atoms with Gasteiger partial charge in [-0.25, -0.2) is 9.97 Å². The maximum atomic E-state index is 13.1. The molecule has 0 saturated carbocycles. The molecule has 5 rings (SSSR count). The second-order valence-corrected chi connectivity index (χ2v) is 7.22. The number of nitrogens with one attached hydrogen (secondary N) is 1. The van der Waals surface area contributed by atoms with Crippen molar-refractivity contribution in [1.29, 1.82) is 0 Å². The summed E-state index contributed by atoms with van der Waals surface area (Å²) < 4.78 is 10.7. The van der Waals surface area contributed by atoms with Crippen molar-refractivity contribution in [1.82, 2.24) is 15.0 Å². The predicted octanol–water partition coefficient (Wildman–Crippen LogP) is 3.51. The van der Waals surface area contributed by atoms with E-state index in [1.54, 1.807) is 30.6 Å². The first kappa shape index (κ1) is 18.4. The number of benzene rings is 1. The van der Waals surface area contributed by atoms with Gasteiger partial charge in [-0.15, -0.1) is 0 Å². The summed E-state index contributed by atoms with van der Waals surface area (Å²) >= 11 is 0. The van der Waals surface area contributed by atoms with Crippen LogP contribution < -0.4 is 19.7 Å². The number of hydrogen-bond donors (Lipinski definition) is 1. The third kappa shape index (κ3) is 3.63. The number of rotatable bonds is 4. The van der Waals surface area contributed by atoms with Crippen molar-refractivity contribution in [2.24, 2.45) is 0 Å². The lowest BCUT2D eigenvalue weighted by atomic mass is 10.1. The maximum Gasteiger partial charge on any atom is 0.259 e. The number of aromatic nitrogens is 3. The molecule has 8 nitrogen and oxygen atoms in total. The minimum atomic E-state index is -0.306. The highest BCUT2D eigenvalue weighted by Crippen LogP contribution is 2.34. The van der Waals surface area contributed by atoms with E-state index >= 15 is 0 Å². The van der Waals surface area contributed by atoms with E-state index in [1.807, 2.05) is 18.2 Å². The lowest BCUT2D eigenvalue weighted by molar-refractivity contribution is 0.102. The minimum Gasteiger partial charge on any atom is -0.454 e. The Balaban J connectivity index is 1.47. The summed E-state index contributed by atoms with van der Waals surface area (Å²) in [7, 11) is 0. The van der Waals surface area contributed by atoms with Gasteiger partial charge in [-0.05, 0) is 43.5 Å². The van der Waals surface area contributed by atoms with Crippen LogP contribution in [0, 0.1) is 0 Å². The van der Waals surface area contributed by atoms with Crippen molar-refractivity contribution in [3.8, 4) is 22.9 Å². The van der Waals surface area contributed by atoms with Gasteiger partial charge in [-0.1, -0.05) is 6.07 Å². The molecule has 2 aliphatic heterocycles. The Morgan fingerprint density at radius 1 is 1.00 bits per heavy atom. The lowest BCUT2D eigenvalue weighted by Crippen LogP contribution is -2.31. The SMILES string of the molecule is O=C(Nc1ccc2c(c1)OCO2)c1cnc(N2CCCCC2)nc1-c1ccccn1. The highest BCUT2D eigenvalue weighted by molar-refractivity contribution is 6.07. The molecule has 1 amide bonds. The fourth-order valence-corrected chi connectivity index (χ4v) is 3.66. The molecule has 1 aromatic carbocycles. The van der Waals surface area contributed by atoms with Crippen LogP contribution >= 0.6 is 0 Å². The van der Waals surface area contributed by atoms with Gasteiger partial charge >= 0.3 is 0 Å². The van der Waals surface area contributed by atoms with Crippen LogP contribution in [0.25, 0.3) is 11.4 Å². The molecular formula is C22H21N5O3. The molecule has 4 heterocycles. The van der Waals surface area contributed by atoms with Gasteiger partial charge in [0.05, 0.1) is 11.3 Å². The third-order valence-electron chi connectivity index (χ3n) is 5.20. The molecule has 0 atom stereocenters. The van der Waals surface area contributed by atoms with Crippen LogP contribution in [0.5, 0.6) is 11.5 Å². The Morgan fingerprint density at radius 2 is 1.87 bits per heavy atom. The molecule has 0 bridgehead atoms. The summed E-state index contributed by atoms with van der Waals surface area (Å²) in [5.41, 5.74) is 2.13. The average Bonchev–Trinajstić information content (AvgIpc) is 3.28. The first-order valence-corrected chi connectivity index (χ1v) is 10.0. The van der Waals surface area contributed by atoms with E-state index in [0.717, 1.165) is 25.9 Å². The minimum absolute atomic E-state index is 0.183. The Hall–Kier alpha value is -3.68. The van der Waals surface area contributed by atoms with Crippen molar-refractivity contribution in [2.45, 2.75) is 19.3 Å². The van der Waals surface area contributed by atoms with Crippen LogP contribution in [0.1, 0.15) is 29.6 Å². The van der Waals surface area contributed by atoms with Crippen molar-refractivity contribution >= 4 is 17.5 Å². The van der Waals surface area contributed by atoms with E-state index in [9.17, 15) is 4.79 Å². The Bertz CT molecular complexity index is 1070. The molecule has 0 aliphatic carbocycles. The zero-order valence-electron chi connectivity index (χ0n) is 16.4. The number of pyridine rings is 1. The van der Waals surface area contributed by atoms with Crippen LogP contribution in [-0.2, 0) is 0 Å². The van der Waals surface area contributed by atoms with Gasteiger partial charge in [0.15, 0.2) is 11.5 Å². The van der Waals surface area contributed by atoms with Gasteiger partial charge in [0.25, 0.3) is 5.91 Å². The molecular weight excluding hydrogens is 382 g/mol. The molecule has 1 fully saturated rings. The number of carbonyl (C=O) groups excluding carboxylic acids is 1. The number of amides is 1. The topological polar surface area (TPSA) is 89.5 Å². The zero-order valence-corrected chi connectivity index (χ0v) is 16.4. The van der Waals surface area contributed by atoms with E-state index < -0.39 is 0 Å². The van der Waals surface area contributed by atoms with E-state index in [-0.39, 0.29) is 12.7 Å². The van der Waals surface area contributed by atoms with Crippen molar-refractivity contribution in [3.05, 3.63) is 54.4 Å². The second kappa shape index (κ2) is 7.98. The van der Waals surface area contributed by atoms with E-state index in [2.05, 4.69) is 20.2 Å². The largest absolute Gasteiger partial charge is 0.454 e. The molecule has 30 heavy (non-hydrogen) atoms. The Labute approximate surface area is 173 Å². The number of piperidine rings is 1. The van der Waals surface area contributed by atoms with Gasteiger partial charge in [-0.2, -0.15) is 0 Å². The van der Waals surface area contributed by atoms with Crippen LogP contribution in [-0.4, -0.2) is 40.7 Å². The summed E-state index contributed by atoms with van der Waals surface area (Å²) in [6, 6.07) is 10.8. The number of carbonyl (C=O) groups is 1. The van der Waals surface area contributed by atoms with Gasteiger partial charge < -0.3 is 19.7 Å². The quantitative estimate of drug-likeness (QED) is 0.713. The molecule has 0 spiro atoms. The van der Waals surface area contributed by atoms with Crippen LogP contribution in [0.15, 0.2) is 48.8 Å². The number of ether oxygens (including phenoxy) is 2. The molecule has 152 valence electrons. The highest BCUT2D eigenvalue weighted by atomic mass is 16.7. The highest BCUT2D eigenvalue weighted by Gasteiger charge is 2.21. The van der Waals surface area contributed by atoms with E-state index in [0.29, 0.717) is 40.1 Å². The molecule has 1 N–H and O–H groups in total. The molecule has 3 aromatic rings. The smallest absolute Gasteiger partial charge is 0.259 e. The van der Waals surface area contributed by atoms with Gasteiger partial charge in [-0.3, -0.25) is 9.78 Å². The number of anilines is 2. The van der Waals surface area contributed by atoms with Crippen LogP contribution in [0.2, 0.25) is 0 Å². The summed E-state index contributed by atoms with van der Waals surface area (Å²) in [6.07, 6.45) is 6.74. The normalized spacial score (nSPS) is 15.1. The first-order chi connectivity index (χ1) is 14.8. The van der Waals surface area contributed by atoms with E-state index in [4.69, 9.17) is 14.5 Å². The molecule has 2 aliphatic rings. The monoisotopic (exact) mass is 403 g/mol. The zero-order chi connectivity index (χ0) is 20.3. The maximum absolute atomic E-state index is 13.1. The molecule has 0 unspecified atom stereocenters.